The second-order valence-electron chi connectivity index (χ2n) is 5.09. The third-order valence-electron chi connectivity index (χ3n) is 3.01. The van der Waals surface area contributed by atoms with Gasteiger partial charge in [-0.1, -0.05) is 12.1 Å². The summed E-state index contributed by atoms with van der Waals surface area (Å²) in [6.07, 6.45) is 0.0187. The minimum Gasteiger partial charge on any atom is -0.481 e. The summed E-state index contributed by atoms with van der Waals surface area (Å²) in [6, 6.07) is 5.45. The topological polar surface area (TPSA) is 54.4 Å². The van der Waals surface area contributed by atoms with Gasteiger partial charge in [0, 0.05) is 12.0 Å². The van der Waals surface area contributed by atoms with E-state index in [2.05, 4.69) is 0 Å². The molecule has 3 nitrogen and oxygen atoms in total. The second kappa shape index (κ2) is 4.70. The predicted octanol–water partition coefficient (Wildman–Crippen LogP) is 2.99. The van der Waals surface area contributed by atoms with Gasteiger partial charge >= 0.3 is 5.97 Å². The zero-order chi connectivity index (χ0) is 13.2. The summed E-state index contributed by atoms with van der Waals surface area (Å²) in [7, 11) is 0. The van der Waals surface area contributed by atoms with E-state index < -0.39 is 11.4 Å². The van der Waals surface area contributed by atoms with E-state index >= 15 is 0 Å². The summed E-state index contributed by atoms with van der Waals surface area (Å²) in [5.74, 6) is -1.07. The first-order chi connectivity index (χ1) is 7.74. The Balaban J connectivity index is 2.91. The maximum Gasteiger partial charge on any atom is 0.309 e. The molecule has 0 aliphatic heterocycles. The molecule has 0 amide bonds. The molecule has 0 aromatic heterocycles. The van der Waals surface area contributed by atoms with Crippen LogP contribution in [-0.4, -0.2) is 16.9 Å². The van der Waals surface area contributed by atoms with Crippen molar-refractivity contribution in [3.8, 4) is 0 Å². The lowest BCUT2D eigenvalue weighted by Gasteiger charge is -2.18. The molecule has 0 saturated carbocycles. The summed E-state index contributed by atoms with van der Waals surface area (Å²) in [6.45, 7) is 7.04. The molecule has 1 aromatic carbocycles. The van der Waals surface area contributed by atoms with Crippen molar-refractivity contribution in [2.45, 2.75) is 34.1 Å². The van der Waals surface area contributed by atoms with Gasteiger partial charge in [0.1, 0.15) is 0 Å². The Bertz CT molecular complexity index is 459. The van der Waals surface area contributed by atoms with E-state index in [1.54, 1.807) is 19.9 Å². The molecule has 1 rings (SSSR count). The third kappa shape index (κ3) is 3.16. The molecule has 0 radical (unpaired) electrons. The molecule has 0 saturated heterocycles. The number of aliphatic carboxylic acids is 1. The van der Waals surface area contributed by atoms with Crippen molar-refractivity contribution in [2.24, 2.45) is 5.41 Å². The standard InChI is InChI=1S/C14H18O3/c1-9-5-6-11(7-10(9)2)12(15)8-14(3,4)13(16)17/h5-7H,8H2,1-4H3,(H,16,17). The van der Waals surface area contributed by atoms with Crippen LogP contribution in [0.4, 0.5) is 0 Å². The zero-order valence-electron chi connectivity index (χ0n) is 10.7. The normalized spacial score (nSPS) is 11.3. The highest BCUT2D eigenvalue weighted by atomic mass is 16.4. The number of carbonyl (C=O) groups is 2. The Morgan fingerprint density at radius 2 is 1.76 bits per heavy atom. The molecule has 92 valence electrons. The zero-order valence-corrected chi connectivity index (χ0v) is 10.7. The first-order valence-electron chi connectivity index (χ1n) is 5.58. The molecule has 0 aliphatic carbocycles. The minimum atomic E-state index is -1.02. The van der Waals surface area contributed by atoms with Crippen LogP contribution in [0, 0.1) is 19.3 Å². The summed E-state index contributed by atoms with van der Waals surface area (Å²) in [5, 5.41) is 8.98. The van der Waals surface area contributed by atoms with E-state index in [-0.39, 0.29) is 12.2 Å². The van der Waals surface area contributed by atoms with Crippen LogP contribution in [0.3, 0.4) is 0 Å². The van der Waals surface area contributed by atoms with Crippen molar-refractivity contribution >= 4 is 11.8 Å². The van der Waals surface area contributed by atoms with Crippen LogP contribution in [-0.2, 0) is 4.79 Å². The van der Waals surface area contributed by atoms with Crippen molar-refractivity contribution < 1.29 is 14.7 Å². The van der Waals surface area contributed by atoms with Crippen molar-refractivity contribution in [3.63, 3.8) is 0 Å². The number of hydrogen-bond acceptors (Lipinski definition) is 2. The monoisotopic (exact) mass is 234 g/mol. The third-order valence-corrected chi connectivity index (χ3v) is 3.01. The maximum absolute atomic E-state index is 12.0. The fourth-order valence-corrected chi connectivity index (χ4v) is 1.49. The summed E-state index contributed by atoms with van der Waals surface area (Å²) in [4.78, 5) is 22.9. The van der Waals surface area contributed by atoms with Crippen LogP contribution in [0.2, 0.25) is 0 Å². The fraction of sp³-hybridized carbons (Fsp3) is 0.429. The Morgan fingerprint density at radius 1 is 1.18 bits per heavy atom. The van der Waals surface area contributed by atoms with E-state index in [4.69, 9.17) is 5.11 Å². The van der Waals surface area contributed by atoms with E-state index in [0.29, 0.717) is 5.56 Å². The molecule has 0 unspecified atom stereocenters. The number of carboxylic acids is 1. The molecular weight excluding hydrogens is 216 g/mol. The molecule has 0 heterocycles. The van der Waals surface area contributed by atoms with Gasteiger partial charge in [-0.05, 0) is 44.9 Å². The van der Waals surface area contributed by atoms with Crippen LogP contribution < -0.4 is 0 Å². The van der Waals surface area contributed by atoms with Crippen molar-refractivity contribution in [3.05, 3.63) is 34.9 Å². The second-order valence-corrected chi connectivity index (χ2v) is 5.09. The molecule has 0 spiro atoms. The van der Waals surface area contributed by atoms with Crippen molar-refractivity contribution in [1.29, 1.82) is 0 Å². The first-order valence-corrected chi connectivity index (χ1v) is 5.58. The fourth-order valence-electron chi connectivity index (χ4n) is 1.49. The molecule has 0 fully saturated rings. The van der Waals surface area contributed by atoms with Gasteiger partial charge in [0.25, 0.3) is 0 Å². The number of rotatable bonds is 4. The maximum atomic E-state index is 12.0. The highest BCUT2D eigenvalue weighted by Crippen LogP contribution is 2.23. The van der Waals surface area contributed by atoms with E-state index in [1.807, 2.05) is 26.0 Å². The number of carboxylic acid groups (broad SMARTS) is 1. The van der Waals surface area contributed by atoms with Crippen LogP contribution in [0.15, 0.2) is 18.2 Å². The first kappa shape index (κ1) is 13.4. The molecule has 0 atom stereocenters. The lowest BCUT2D eigenvalue weighted by atomic mass is 9.85. The van der Waals surface area contributed by atoms with Gasteiger partial charge in [0.2, 0.25) is 0 Å². The van der Waals surface area contributed by atoms with Crippen LogP contribution in [0.25, 0.3) is 0 Å². The largest absolute Gasteiger partial charge is 0.481 e. The molecule has 1 aromatic rings. The van der Waals surface area contributed by atoms with Gasteiger partial charge in [0.15, 0.2) is 5.78 Å². The van der Waals surface area contributed by atoms with Gasteiger partial charge in [-0.15, -0.1) is 0 Å². The summed E-state index contributed by atoms with van der Waals surface area (Å²) < 4.78 is 0. The SMILES string of the molecule is Cc1ccc(C(=O)CC(C)(C)C(=O)O)cc1C. The Labute approximate surface area is 101 Å². The average molecular weight is 234 g/mol. The van der Waals surface area contributed by atoms with E-state index in [1.165, 1.54) is 0 Å². The highest BCUT2D eigenvalue weighted by molar-refractivity contribution is 5.98. The van der Waals surface area contributed by atoms with Gasteiger partial charge in [0.05, 0.1) is 5.41 Å². The van der Waals surface area contributed by atoms with Crippen molar-refractivity contribution in [2.75, 3.05) is 0 Å². The summed E-state index contributed by atoms with van der Waals surface area (Å²) in [5.41, 5.74) is 1.74. The number of aryl methyl sites for hydroxylation is 2. The quantitative estimate of drug-likeness (QED) is 0.815. The van der Waals surface area contributed by atoms with Crippen LogP contribution >= 0.6 is 0 Å². The van der Waals surface area contributed by atoms with Crippen molar-refractivity contribution in [1.82, 2.24) is 0 Å². The van der Waals surface area contributed by atoms with Gasteiger partial charge in [-0.2, -0.15) is 0 Å². The Hall–Kier alpha value is -1.64. The number of benzene rings is 1. The van der Waals surface area contributed by atoms with Gasteiger partial charge in [-0.3, -0.25) is 9.59 Å². The number of carbonyl (C=O) groups excluding carboxylic acids is 1. The van der Waals surface area contributed by atoms with Gasteiger partial charge < -0.3 is 5.11 Å². The molecule has 3 heteroatoms. The molecule has 0 bridgehead atoms. The molecule has 0 aliphatic rings. The molecule has 1 N–H and O–H groups in total. The number of hydrogen-bond donors (Lipinski definition) is 1. The predicted molar refractivity (Wildman–Crippen MR) is 66.3 cm³/mol. The number of Topliss-reactive ketones (excluding diaryl/α,β-unsaturated/α-hetero) is 1. The molecule has 17 heavy (non-hydrogen) atoms. The Kier molecular flexibility index (Phi) is 3.71. The van der Waals surface area contributed by atoms with E-state index in [9.17, 15) is 9.59 Å². The Morgan fingerprint density at radius 3 is 2.24 bits per heavy atom. The smallest absolute Gasteiger partial charge is 0.309 e. The van der Waals surface area contributed by atoms with Gasteiger partial charge in [-0.25, -0.2) is 0 Å². The summed E-state index contributed by atoms with van der Waals surface area (Å²) >= 11 is 0. The average Bonchev–Trinajstić information content (AvgIpc) is 2.21. The lowest BCUT2D eigenvalue weighted by molar-refractivity contribution is -0.146. The minimum absolute atomic E-state index is 0.0187. The lowest BCUT2D eigenvalue weighted by Crippen LogP contribution is -2.27. The highest BCUT2D eigenvalue weighted by Gasteiger charge is 2.30. The van der Waals surface area contributed by atoms with Crippen LogP contribution in [0.5, 0.6) is 0 Å². The number of ketones is 1. The van der Waals surface area contributed by atoms with E-state index in [0.717, 1.165) is 11.1 Å². The molecular formula is C14H18O3. The van der Waals surface area contributed by atoms with Crippen LogP contribution in [0.1, 0.15) is 41.8 Å².